The highest BCUT2D eigenvalue weighted by Gasteiger charge is 2.33. The lowest BCUT2D eigenvalue weighted by atomic mass is 10.0. The van der Waals surface area contributed by atoms with Gasteiger partial charge in [0.1, 0.15) is 18.7 Å². The Balaban J connectivity index is 1.70. The molecule has 2 heterocycles. The van der Waals surface area contributed by atoms with Crippen molar-refractivity contribution in [2.45, 2.75) is 19.9 Å². The van der Waals surface area contributed by atoms with Crippen LogP contribution in [0.5, 0.6) is 5.75 Å². The van der Waals surface area contributed by atoms with E-state index in [1.807, 2.05) is 48.9 Å². The maximum atomic E-state index is 13.4. The van der Waals surface area contributed by atoms with E-state index in [1.54, 1.807) is 25.6 Å². The number of methoxy groups -OCH3 is 1. The molecule has 1 aromatic heterocycles. The largest absolute Gasteiger partial charge is 0.495 e. The zero-order valence-corrected chi connectivity index (χ0v) is 19.4. The fraction of sp³-hybridized carbons (Fsp3) is 0.240. The monoisotopic (exact) mass is 463 g/mol. The molecule has 8 nitrogen and oxygen atoms in total. The topological polar surface area (TPSA) is 81.0 Å². The Kier molecular flexibility index (Phi) is 6.62. The molecule has 4 rings (SSSR count). The van der Waals surface area contributed by atoms with Gasteiger partial charge in [-0.2, -0.15) is 0 Å². The normalized spacial score (nSPS) is 17.1. The van der Waals surface area contributed by atoms with Gasteiger partial charge in [0.25, 0.3) is 0 Å². The second-order valence-electron chi connectivity index (χ2n) is 7.88. The number of amides is 2. The summed E-state index contributed by atoms with van der Waals surface area (Å²) in [6.45, 7) is 4.05. The van der Waals surface area contributed by atoms with Crippen LogP contribution in [-0.4, -0.2) is 47.1 Å². The first-order valence-electron chi connectivity index (χ1n) is 10.7. The highest BCUT2D eigenvalue weighted by Crippen LogP contribution is 2.29. The molecule has 3 aromatic rings. The fourth-order valence-electron chi connectivity index (χ4n) is 3.89. The first-order valence-corrected chi connectivity index (χ1v) is 10.7. The van der Waals surface area contributed by atoms with Crippen LogP contribution in [0.2, 0.25) is 0 Å². The third-order valence-electron chi connectivity index (χ3n) is 5.62. The molecule has 34 heavy (non-hydrogen) atoms. The Labute approximate surface area is 197 Å². The van der Waals surface area contributed by atoms with Crippen LogP contribution in [0.25, 0.3) is 11.8 Å². The number of aryl methyl sites for hydroxylation is 1. The van der Waals surface area contributed by atoms with Gasteiger partial charge in [0.15, 0.2) is 5.84 Å². The van der Waals surface area contributed by atoms with Gasteiger partial charge in [-0.15, -0.1) is 0 Å². The molecule has 0 saturated carbocycles. The highest BCUT2D eigenvalue weighted by molar-refractivity contribution is 6.12. The summed E-state index contributed by atoms with van der Waals surface area (Å²) in [5.41, 5.74) is 4.15. The van der Waals surface area contributed by atoms with Crippen molar-refractivity contribution < 1.29 is 18.8 Å². The van der Waals surface area contributed by atoms with E-state index in [-0.39, 0.29) is 18.4 Å². The Hall–Kier alpha value is -4.14. The number of nitrogens with one attached hydrogen (secondary N) is 1. The van der Waals surface area contributed by atoms with Crippen molar-refractivity contribution in [3.05, 3.63) is 83.2 Å². The van der Waals surface area contributed by atoms with E-state index in [9.17, 15) is 9.18 Å². The Bertz CT molecular complexity index is 1250. The first kappa shape index (κ1) is 23.0. The second kappa shape index (κ2) is 9.78. The number of hydrogen-bond acceptors (Lipinski definition) is 5. The van der Waals surface area contributed by atoms with Crippen molar-refractivity contribution >= 4 is 17.9 Å². The third kappa shape index (κ3) is 4.63. The van der Waals surface area contributed by atoms with Gasteiger partial charge < -0.3 is 19.5 Å². The summed E-state index contributed by atoms with van der Waals surface area (Å²) in [7, 11) is 3.05. The van der Waals surface area contributed by atoms with E-state index in [0.717, 1.165) is 28.1 Å². The van der Waals surface area contributed by atoms with Gasteiger partial charge >= 0.3 is 6.03 Å². The minimum Gasteiger partial charge on any atom is -0.495 e. The standard InChI is InChI=1S/C25H26FN5O3/c1-16-14-30(15-28-16)22-10-5-18(12-23(22)33-3)11-20-13-27-25(32)31(24(20)29-34-4)17(2)19-6-8-21(26)9-7-19/h5-12,14-15,17H,13H2,1-4H3,(H,27,32)/b20-11+,29-24+. The van der Waals surface area contributed by atoms with Crippen molar-refractivity contribution in [3.63, 3.8) is 0 Å². The molecular weight excluding hydrogens is 437 g/mol. The van der Waals surface area contributed by atoms with Crippen LogP contribution in [0, 0.1) is 12.7 Å². The van der Waals surface area contributed by atoms with Gasteiger partial charge in [0, 0.05) is 18.3 Å². The van der Waals surface area contributed by atoms with Gasteiger partial charge in [-0.3, -0.25) is 4.90 Å². The molecule has 1 unspecified atom stereocenters. The van der Waals surface area contributed by atoms with Crippen LogP contribution in [0.1, 0.15) is 29.8 Å². The number of carbonyl (C=O) groups excluding carboxylic acids is 1. The van der Waals surface area contributed by atoms with E-state index in [0.29, 0.717) is 11.6 Å². The van der Waals surface area contributed by atoms with Crippen LogP contribution in [0.3, 0.4) is 0 Å². The predicted molar refractivity (Wildman–Crippen MR) is 127 cm³/mol. The number of rotatable bonds is 6. The molecule has 1 saturated heterocycles. The van der Waals surface area contributed by atoms with Gasteiger partial charge in [-0.1, -0.05) is 23.4 Å². The molecule has 2 amide bonds. The molecule has 9 heteroatoms. The van der Waals surface area contributed by atoms with Crippen molar-refractivity contribution in [1.29, 1.82) is 0 Å². The number of urea groups is 1. The molecule has 1 aliphatic rings. The number of imidazole rings is 1. The molecule has 0 aliphatic carbocycles. The number of carbonyl (C=O) groups is 1. The molecule has 0 bridgehead atoms. The zero-order chi connectivity index (χ0) is 24.2. The molecule has 1 aliphatic heterocycles. The quantitative estimate of drug-likeness (QED) is 0.548. The SMILES string of the molecule is CO/N=C1\C(=C\c2ccc(-n3cnc(C)c3)c(OC)c2)CNC(=O)N1C(C)c1ccc(F)cc1. The van der Waals surface area contributed by atoms with E-state index < -0.39 is 6.04 Å². The average molecular weight is 464 g/mol. The number of halogens is 1. The number of oxime groups is 1. The van der Waals surface area contributed by atoms with Crippen molar-refractivity contribution in [2.75, 3.05) is 20.8 Å². The van der Waals surface area contributed by atoms with Gasteiger partial charge in [-0.25, -0.2) is 14.2 Å². The number of amidine groups is 1. The maximum absolute atomic E-state index is 13.4. The Morgan fingerprint density at radius 3 is 2.62 bits per heavy atom. The smallest absolute Gasteiger partial charge is 0.324 e. The van der Waals surface area contributed by atoms with Crippen LogP contribution in [0.4, 0.5) is 9.18 Å². The van der Waals surface area contributed by atoms with Gasteiger partial charge in [-0.05, 0) is 55.3 Å². The van der Waals surface area contributed by atoms with Gasteiger partial charge in [0.2, 0.25) is 0 Å². The number of aromatic nitrogens is 2. The summed E-state index contributed by atoms with van der Waals surface area (Å²) in [6.07, 6.45) is 5.58. The minimum atomic E-state index is -0.403. The molecule has 0 radical (unpaired) electrons. The van der Waals surface area contributed by atoms with Crippen LogP contribution < -0.4 is 10.1 Å². The van der Waals surface area contributed by atoms with E-state index in [4.69, 9.17) is 9.57 Å². The average Bonchev–Trinajstić information content (AvgIpc) is 3.27. The summed E-state index contributed by atoms with van der Waals surface area (Å²) in [5.74, 6) is 0.721. The summed E-state index contributed by atoms with van der Waals surface area (Å²) >= 11 is 0. The van der Waals surface area contributed by atoms with Crippen molar-refractivity contribution in [1.82, 2.24) is 19.8 Å². The third-order valence-corrected chi connectivity index (χ3v) is 5.62. The maximum Gasteiger partial charge on any atom is 0.324 e. The Morgan fingerprint density at radius 1 is 1.21 bits per heavy atom. The first-order chi connectivity index (χ1) is 16.4. The number of nitrogens with zero attached hydrogens (tertiary/aromatic N) is 4. The summed E-state index contributed by atoms with van der Waals surface area (Å²) in [6, 6.07) is 11.1. The lowest BCUT2D eigenvalue weighted by Crippen LogP contribution is -2.52. The molecule has 1 fully saturated rings. The fourth-order valence-corrected chi connectivity index (χ4v) is 3.89. The molecule has 2 aromatic carbocycles. The van der Waals surface area contributed by atoms with E-state index in [1.165, 1.54) is 24.1 Å². The van der Waals surface area contributed by atoms with Crippen LogP contribution in [0.15, 0.2) is 65.7 Å². The van der Waals surface area contributed by atoms with E-state index >= 15 is 0 Å². The van der Waals surface area contributed by atoms with E-state index in [2.05, 4.69) is 15.5 Å². The lowest BCUT2D eigenvalue weighted by Gasteiger charge is -2.35. The minimum absolute atomic E-state index is 0.276. The lowest BCUT2D eigenvalue weighted by molar-refractivity contribution is 0.189. The number of benzene rings is 2. The molecule has 1 atom stereocenters. The molecule has 1 N–H and O–H groups in total. The highest BCUT2D eigenvalue weighted by atomic mass is 19.1. The molecule has 176 valence electrons. The predicted octanol–water partition coefficient (Wildman–Crippen LogP) is 4.46. The van der Waals surface area contributed by atoms with Gasteiger partial charge in [0.05, 0.1) is 30.9 Å². The number of ether oxygens (including phenoxy) is 1. The number of hydrogen-bond donors (Lipinski definition) is 1. The molecule has 0 spiro atoms. The second-order valence-corrected chi connectivity index (χ2v) is 7.88. The molecular formula is C25H26FN5O3. The van der Waals surface area contributed by atoms with Crippen LogP contribution >= 0.6 is 0 Å². The summed E-state index contributed by atoms with van der Waals surface area (Å²) in [5, 5.41) is 7.05. The van der Waals surface area contributed by atoms with Crippen LogP contribution in [-0.2, 0) is 4.84 Å². The zero-order valence-electron chi connectivity index (χ0n) is 19.4. The Morgan fingerprint density at radius 2 is 1.97 bits per heavy atom. The van der Waals surface area contributed by atoms with Crippen molar-refractivity contribution in [3.8, 4) is 11.4 Å². The summed E-state index contributed by atoms with van der Waals surface area (Å²) in [4.78, 5) is 23.7. The van der Waals surface area contributed by atoms with Crippen molar-refractivity contribution in [2.24, 2.45) is 5.16 Å². The summed E-state index contributed by atoms with van der Waals surface area (Å²) < 4.78 is 20.9.